The minimum absolute atomic E-state index is 0.0509. The highest BCUT2D eigenvalue weighted by molar-refractivity contribution is 14.1. The highest BCUT2D eigenvalue weighted by Gasteiger charge is 2.07. The number of halogens is 1. The van der Waals surface area contributed by atoms with Crippen molar-refractivity contribution < 1.29 is 14.6 Å². The molecule has 104 valence electrons. The van der Waals surface area contributed by atoms with Crippen LogP contribution in [-0.2, 0) is 11.2 Å². The molecule has 3 nitrogen and oxygen atoms in total. The van der Waals surface area contributed by atoms with Crippen LogP contribution in [0.5, 0.6) is 5.75 Å². The second-order valence-electron chi connectivity index (χ2n) is 4.10. The van der Waals surface area contributed by atoms with Crippen LogP contribution in [0, 0.1) is 3.57 Å². The van der Waals surface area contributed by atoms with Gasteiger partial charge in [0.25, 0.3) is 0 Å². The lowest BCUT2D eigenvalue weighted by Crippen LogP contribution is -2.01. The molecule has 1 N–H and O–H groups in total. The molecule has 20 heavy (non-hydrogen) atoms. The van der Waals surface area contributed by atoms with Crippen LogP contribution >= 0.6 is 34.4 Å². The Hall–Kier alpha value is -1.21. The van der Waals surface area contributed by atoms with Crippen molar-refractivity contribution in [1.82, 2.24) is 0 Å². The minimum Gasteiger partial charge on any atom is -0.497 e. The van der Waals surface area contributed by atoms with Crippen LogP contribution in [0.1, 0.15) is 5.56 Å². The second-order valence-corrected chi connectivity index (χ2v) is 6.41. The number of hydrogen-bond donors (Lipinski definition) is 1. The van der Waals surface area contributed by atoms with E-state index in [1.165, 1.54) is 0 Å². The van der Waals surface area contributed by atoms with Gasteiger partial charge in [-0.25, -0.2) is 0 Å². The third-order valence-corrected chi connectivity index (χ3v) is 4.70. The van der Waals surface area contributed by atoms with Crippen LogP contribution in [0.15, 0.2) is 52.3 Å². The van der Waals surface area contributed by atoms with Crippen molar-refractivity contribution in [3.63, 3.8) is 0 Å². The molecule has 2 rings (SSSR count). The van der Waals surface area contributed by atoms with Crippen molar-refractivity contribution in [3.05, 3.63) is 51.6 Å². The zero-order valence-corrected chi connectivity index (χ0v) is 13.8. The Morgan fingerprint density at radius 1 is 1.20 bits per heavy atom. The lowest BCUT2D eigenvalue weighted by atomic mass is 10.1. The van der Waals surface area contributed by atoms with E-state index in [0.717, 1.165) is 24.7 Å². The van der Waals surface area contributed by atoms with E-state index < -0.39 is 5.97 Å². The number of benzene rings is 2. The number of carboxylic acid groups (broad SMARTS) is 1. The number of hydrogen-bond acceptors (Lipinski definition) is 3. The fraction of sp³-hybridized carbons (Fsp3) is 0.133. The maximum atomic E-state index is 10.8. The van der Waals surface area contributed by atoms with Crippen LogP contribution in [-0.4, -0.2) is 18.2 Å². The first-order chi connectivity index (χ1) is 9.58. The van der Waals surface area contributed by atoms with E-state index in [1.807, 2.05) is 42.5 Å². The number of methoxy groups -OCH3 is 1. The Kier molecular flexibility index (Phi) is 5.31. The van der Waals surface area contributed by atoms with Crippen molar-refractivity contribution in [2.24, 2.45) is 0 Å². The van der Waals surface area contributed by atoms with E-state index in [9.17, 15) is 4.79 Å². The molecule has 2 aromatic rings. The lowest BCUT2D eigenvalue weighted by molar-refractivity contribution is -0.136. The number of ether oxygens (including phenoxy) is 1. The smallest absolute Gasteiger partial charge is 0.307 e. The Bertz CT molecular complexity index is 611. The topological polar surface area (TPSA) is 46.5 Å². The van der Waals surface area contributed by atoms with Gasteiger partial charge in [-0.1, -0.05) is 11.8 Å². The molecule has 5 heteroatoms. The van der Waals surface area contributed by atoms with E-state index in [0.29, 0.717) is 0 Å². The SMILES string of the molecule is COc1ccc(Sc2ccc(I)c(CC(=O)O)c2)cc1. The van der Waals surface area contributed by atoms with Gasteiger partial charge in [-0.3, -0.25) is 4.79 Å². The first-order valence-electron chi connectivity index (χ1n) is 5.90. The van der Waals surface area contributed by atoms with Gasteiger partial charge in [0.1, 0.15) is 5.75 Å². The molecule has 0 aliphatic heterocycles. The highest BCUT2D eigenvalue weighted by Crippen LogP contribution is 2.30. The van der Waals surface area contributed by atoms with E-state index >= 15 is 0 Å². The molecule has 0 radical (unpaired) electrons. The van der Waals surface area contributed by atoms with Crippen LogP contribution < -0.4 is 4.74 Å². The normalized spacial score (nSPS) is 10.3. The molecule has 0 bridgehead atoms. The summed E-state index contributed by atoms with van der Waals surface area (Å²) in [5, 5.41) is 8.91. The molecule has 2 aromatic carbocycles. The molecule has 0 heterocycles. The van der Waals surface area contributed by atoms with Crippen molar-refractivity contribution >= 4 is 40.3 Å². The summed E-state index contributed by atoms with van der Waals surface area (Å²) in [5.74, 6) is 0.0121. The highest BCUT2D eigenvalue weighted by atomic mass is 127. The number of rotatable bonds is 5. The third kappa shape index (κ3) is 4.14. The maximum absolute atomic E-state index is 10.8. The van der Waals surface area contributed by atoms with Gasteiger partial charge in [-0.05, 0) is 70.6 Å². The van der Waals surface area contributed by atoms with Gasteiger partial charge in [0, 0.05) is 13.4 Å². The maximum Gasteiger partial charge on any atom is 0.307 e. The molecule has 0 fully saturated rings. The Labute approximate surface area is 135 Å². The molecule has 0 amide bonds. The van der Waals surface area contributed by atoms with Crippen molar-refractivity contribution in [1.29, 1.82) is 0 Å². The van der Waals surface area contributed by atoms with Crippen LogP contribution in [0.3, 0.4) is 0 Å². The summed E-state index contributed by atoms with van der Waals surface area (Å²) in [6.07, 6.45) is 0.0509. The van der Waals surface area contributed by atoms with Gasteiger partial charge in [0.05, 0.1) is 13.5 Å². The number of aliphatic carboxylic acids is 1. The molecule has 0 aromatic heterocycles. The van der Waals surface area contributed by atoms with Gasteiger partial charge in [0.2, 0.25) is 0 Å². The van der Waals surface area contributed by atoms with Crippen molar-refractivity contribution in [2.45, 2.75) is 16.2 Å². The minimum atomic E-state index is -0.811. The zero-order chi connectivity index (χ0) is 14.5. The summed E-state index contributed by atoms with van der Waals surface area (Å²) in [5.41, 5.74) is 0.844. The lowest BCUT2D eigenvalue weighted by Gasteiger charge is -2.07. The summed E-state index contributed by atoms with van der Waals surface area (Å²) in [7, 11) is 1.64. The fourth-order valence-electron chi connectivity index (χ4n) is 1.69. The summed E-state index contributed by atoms with van der Waals surface area (Å²) in [4.78, 5) is 13.0. The van der Waals surface area contributed by atoms with Crippen molar-refractivity contribution in [3.8, 4) is 5.75 Å². The Morgan fingerprint density at radius 2 is 1.85 bits per heavy atom. The summed E-state index contributed by atoms with van der Waals surface area (Å²) in [6.45, 7) is 0. The third-order valence-electron chi connectivity index (χ3n) is 2.65. The predicted octanol–water partition coefficient (Wildman–Crippen LogP) is 4.08. The molecule has 0 atom stereocenters. The summed E-state index contributed by atoms with van der Waals surface area (Å²) in [6, 6.07) is 13.7. The molecule has 0 saturated heterocycles. The largest absolute Gasteiger partial charge is 0.497 e. The van der Waals surface area contributed by atoms with E-state index in [-0.39, 0.29) is 6.42 Å². The van der Waals surface area contributed by atoms with Crippen molar-refractivity contribution in [2.75, 3.05) is 7.11 Å². The van der Waals surface area contributed by atoms with Gasteiger partial charge >= 0.3 is 5.97 Å². The van der Waals surface area contributed by atoms with E-state index in [1.54, 1.807) is 18.9 Å². The van der Waals surface area contributed by atoms with Gasteiger partial charge in [0.15, 0.2) is 0 Å². The predicted molar refractivity (Wildman–Crippen MR) is 87.6 cm³/mol. The monoisotopic (exact) mass is 400 g/mol. The van der Waals surface area contributed by atoms with E-state index in [4.69, 9.17) is 9.84 Å². The Balaban J connectivity index is 2.18. The Morgan fingerprint density at radius 3 is 2.45 bits per heavy atom. The number of carbonyl (C=O) groups is 1. The first kappa shape index (κ1) is 15.2. The second kappa shape index (κ2) is 6.99. The molecule has 0 aliphatic carbocycles. The van der Waals surface area contributed by atoms with Crippen LogP contribution in [0.2, 0.25) is 0 Å². The molecule has 0 saturated carbocycles. The summed E-state index contributed by atoms with van der Waals surface area (Å²) >= 11 is 3.77. The van der Waals surface area contributed by atoms with Gasteiger partial charge < -0.3 is 9.84 Å². The van der Waals surface area contributed by atoms with Gasteiger partial charge in [-0.15, -0.1) is 0 Å². The van der Waals surface area contributed by atoms with E-state index in [2.05, 4.69) is 22.6 Å². The average Bonchev–Trinajstić information content (AvgIpc) is 2.43. The molecular formula is C15H13IO3S. The molecule has 0 unspecified atom stereocenters. The van der Waals surface area contributed by atoms with Crippen LogP contribution in [0.25, 0.3) is 0 Å². The fourth-order valence-corrected chi connectivity index (χ4v) is 3.10. The van der Waals surface area contributed by atoms with Crippen LogP contribution in [0.4, 0.5) is 0 Å². The number of carboxylic acids is 1. The van der Waals surface area contributed by atoms with Gasteiger partial charge in [-0.2, -0.15) is 0 Å². The standard InChI is InChI=1S/C15H13IO3S/c1-19-11-2-4-12(5-3-11)20-13-6-7-14(16)10(8-13)9-15(17)18/h2-8H,9H2,1H3,(H,17,18). The molecule has 0 aliphatic rings. The zero-order valence-electron chi connectivity index (χ0n) is 10.8. The molecular weight excluding hydrogens is 387 g/mol. The molecule has 0 spiro atoms. The first-order valence-corrected chi connectivity index (χ1v) is 7.80. The summed E-state index contributed by atoms with van der Waals surface area (Å²) < 4.78 is 6.10. The average molecular weight is 400 g/mol. The quantitative estimate of drug-likeness (QED) is 0.769.